The summed E-state index contributed by atoms with van der Waals surface area (Å²) < 4.78 is 1.86. The smallest absolute Gasteiger partial charge is 0.257 e. The summed E-state index contributed by atoms with van der Waals surface area (Å²) in [7, 11) is 0. The summed E-state index contributed by atoms with van der Waals surface area (Å²) in [5.41, 5.74) is 3.62. The van der Waals surface area contributed by atoms with Gasteiger partial charge in [-0.15, -0.1) is 12.4 Å². The fourth-order valence-electron chi connectivity index (χ4n) is 4.03. The predicted octanol–water partition coefficient (Wildman–Crippen LogP) is 4.50. The highest BCUT2D eigenvalue weighted by atomic mass is 35.5. The summed E-state index contributed by atoms with van der Waals surface area (Å²) in [6, 6.07) is 8.82. The van der Waals surface area contributed by atoms with Crippen LogP contribution in [0.25, 0.3) is 5.69 Å². The molecule has 2 aliphatic rings. The largest absolute Gasteiger partial charge is 0.338 e. The molecular formula is C24H35ClN4O. The van der Waals surface area contributed by atoms with E-state index in [4.69, 9.17) is 5.10 Å². The van der Waals surface area contributed by atoms with Crippen LogP contribution in [0.2, 0.25) is 0 Å². The normalized spacial score (nSPS) is 17.7. The van der Waals surface area contributed by atoms with E-state index in [1.54, 1.807) is 0 Å². The van der Waals surface area contributed by atoms with E-state index in [0.717, 1.165) is 55.3 Å². The van der Waals surface area contributed by atoms with Crippen LogP contribution in [-0.4, -0.2) is 46.3 Å². The number of carbonyl (C=O) groups excluding carboxylic acids is 1. The van der Waals surface area contributed by atoms with Crippen molar-refractivity contribution in [2.45, 2.75) is 64.8 Å². The Balaban J connectivity index is 0.00000256. The fourth-order valence-corrected chi connectivity index (χ4v) is 4.03. The second kappa shape index (κ2) is 9.11. The van der Waals surface area contributed by atoms with Gasteiger partial charge in [-0.2, -0.15) is 5.10 Å². The zero-order valence-electron chi connectivity index (χ0n) is 18.6. The number of carbonyl (C=O) groups is 1. The zero-order valence-corrected chi connectivity index (χ0v) is 19.5. The van der Waals surface area contributed by atoms with E-state index in [9.17, 15) is 4.79 Å². The van der Waals surface area contributed by atoms with Crippen LogP contribution in [0, 0.1) is 12.8 Å². The van der Waals surface area contributed by atoms with E-state index < -0.39 is 0 Å². The molecule has 1 amide bonds. The Morgan fingerprint density at radius 2 is 1.73 bits per heavy atom. The predicted molar refractivity (Wildman–Crippen MR) is 124 cm³/mol. The molecule has 0 unspecified atom stereocenters. The van der Waals surface area contributed by atoms with Gasteiger partial charge in [-0.05, 0) is 57.2 Å². The van der Waals surface area contributed by atoms with Crippen molar-refractivity contribution in [2.24, 2.45) is 5.92 Å². The second-order valence-corrected chi connectivity index (χ2v) is 9.84. The number of piperidine rings is 1. The molecule has 1 aromatic heterocycles. The number of hydrogen-bond acceptors (Lipinski definition) is 3. The minimum atomic E-state index is -0.189. The average Bonchev–Trinajstić information content (AvgIpc) is 3.41. The number of hydrogen-bond donors (Lipinski definition) is 1. The van der Waals surface area contributed by atoms with E-state index in [2.05, 4.69) is 57.3 Å². The van der Waals surface area contributed by atoms with Crippen LogP contribution in [0.3, 0.4) is 0 Å². The summed E-state index contributed by atoms with van der Waals surface area (Å²) in [5, 5.41) is 8.52. The molecule has 0 bridgehead atoms. The van der Waals surface area contributed by atoms with E-state index >= 15 is 0 Å². The minimum absolute atomic E-state index is 0. The Bertz CT molecular complexity index is 856. The third-order valence-corrected chi connectivity index (χ3v) is 6.13. The quantitative estimate of drug-likeness (QED) is 0.759. The highest BCUT2D eigenvalue weighted by Gasteiger charge is 2.31. The van der Waals surface area contributed by atoms with Crippen LogP contribution in [0.4, 0.5) is 0 Å². The van der Waals surface area contributed by atoms with Crippen molar-refractivity contribution in [3.63, 3.8) is 0 Å². The van der Waals surface area contributed by atoms with Gasteiger partial charge >= 0.3 is 0 Å². The molecule has 1 aromatic carbocycles. The average molecular weight is 431 g/mol. The van der Waals surface area contributed by atoms with Gasteiger partial charge < -0.3 is 10.2 Å². The van der Waals surface area contributed by atoms with Crippen LogP contribution in [-0.2, 0) is 5.41 Å². The Morgan fingerprint density at radius 3 is 2.30 bits per heavy atom. The minimum Gasteiger partial charge on any atom is -0.338 e. The van der Waals surface area contributed by atoms with Gasteiger partial charge in [-0.3, -0.25) is 4.79 Å². The summed E-state index contributed by atoms with van der Waals surface area (Å²) in [6.45, 7) is 11.2. The van der Waals surface area contributed by atoms with Crippen molar-refractivity contribution >= 4 is 18.3 Å². The van der Waals surface area contributed by atoms with Gasteiger partial charge in [-0.1, -0.05) is 38.5 Å². The van der Waals surface area contributed by atoms with Crippen molar-refractivity contribution in [1.82, 2.24) is 20.0 Å². The van der Waals surface area contributed by atoms with Gasteiger partial charge in [0.25, 0.3) is 5.91 Å². The number of likely N-dealkylation sites (tertiary alicyclic amines) is 1. The molecule has 2 heterocycles. The topological polar surface area (TPSA) is 50.2 Å². The molecule has 6 heteroatoms. The maximum Gasteiger partial charge on any atom is 0.257 e. The zero-order chi connectivity index (χ0) is 20.6. The lowest BCUT2D eigenvalue weighted by molar-refractivity contribution is 0.0702. The molecular weight excluding hydrogens is 396 g/mol. The molecule has 30 heavy (non-hydrogen) atoms. The monoisotopic (exact) mass is 430 g/mol. The number of nitrogens with zero attached hydrogens (tertiary/aromatic N) is 3. The van der Waals surface area contributed by atoms with Gasteiger partial charge in [0.15, 0.2) is 0 Å². The van der Waals surface area contributed by atoms with Crippen LogP contribution in [0.15, 0.2) is 30.5 Å². The standard InChI is InChI=1S/C24H34N4O.ClH/c1-17-5-9-20(10-6-17)28-16-21(22(26-28)24(2,3)4)23(29)27-13-11-19(12-14-27)25-15-18-7-8-18;/h5-6,9-10,16,18-19,25H,7-8,11-15H2,1-4H3;1H. The SMILES string of the molecule is Cc1ccc(-n2cc(C(=O)N3CCC(NCC4CC4)CC3)c(C(C)(C)C)n2)cc1.Cl. The van der Waals surface area contributed by atoms with Crippen LogP contribution in [0.5, 0.6) is 0 Å². The fraction of sp³-hybridized carbons (Fsp3) is 0.583. The number of aromatic nitrogens is 2. The summed E-state index contributed by atoms with van der Waals surface area (Å²) in [6.07, 6.45) is 6.76. The second-order valence-electron chi connectivity index (χ2n) is 9.84. The molecule has 0 radical (unpaired) electrons. The molecule has 1 N–H and O–H groups in total. The third-order valence-electron chi connectivity index (χ3n) is 6.13. The molecule has 5 nitrogen and oxygen atoms in total. The Kier molecular flexibility index (Phi) is 6.93. The van der Waals surface area contributed by atoms with Crippen LogP contribution < -0.4 is 5.32 Å². The molecule has 2 fully saturated rings. The van der Waals surface area contributed by atoms with Gasteiger partial charge in [0.1, 0.15) is 0 Å². The number of nitrogens with one attached hydrogen (secondary N) is 1. The van der Waals surface area contributed by atoms with Crippen molar-refractivity contribution in [3.05, 3.63) is 47.3 Å². The summed E-state index contributed by atoms with van der Waals surface area (Å²) >= 11 is 0. The number of benzene rings is 1. The van der Waals surface area contributed by atoms with Crippen molar-refractivity contribution in [1.29, 1.82) is 0 Å². The van der Waals surface area contributed by atoms with E-state index in [0.29, 0.717) is 6.04 Å². The maximum absolute atomic E-state index is 13.4. The number of rotatable bonds is 5. The number of amides is 1. The lowest BCUT2D eigenvalue weighted by Crippen LogP contribution is -2.45. The molecule has 1 aliphatic carbocycles. The highest BCUT2D eigenvalue weighted by molar-refractivity contribution is 5.95. The molecule has 0 spiro atoms. The van der Waals surface area contributed by atoms with Gasteiger partial charge in [0, 0.05) is 30.7 Å². The highest BCUT2D eigenvalue weighted by Crippen LogP contribution is 2.29. The van der Waals surface area contributed by atoms with E-state index in [-0.39, 0.29) is 23.7 Å². The van der Waals surface area contributed by atoms with Crippen molar-refractivity contribution < 1.29 is 4.79 Å². The van der Waals surface area contributed by atoms with Gasteiger partial charge in [-0.25, -0.2) is 4.68 Å². The molecule has 2 aromatic rings. The molecule has 1 saturated heterocycles. The first-order chi connectivity index (χ1) is 13.8. The van der Waals surface area contributed by atoms with E-state index in [1.807, 2.05) is 15.8 Å². The molecule has 1 saturated carbocycles. The Labute approximate surface area is 186 Å². The summed E-state index contributed by atoms with van der Waals surface area (Å²) in [4.78, 5) is 15.4. The first-order valence-corrected chi connectivity index (χ1v) is 11.0. The van der Waals surface area contributed by atoms with Crippen LogP contribution >= 0.6 is 12.4 Å². The first kappa shape index (κ1) is 22.8. The van der Waals surface area contributed by atoms with Crippen LogP contribution in [0.1, 0.15) is 68.1 Å². The number of aryl methyl sites for hydroxylation is 1. The van der Waals surface area contributed by atoms with Crippen molar-refractivity contribution in [3.8, 4) is 5.69 Å². The summed E-state index contributed by atoms with van der Waals surface area (Å²) in [5.74, 6) is 1.02. The Morgan fingerprint density at radius 1 is 1.10 bits per heavy atom. The van der Waals surface area contributed by atoms with Gasteiger partial charge in [0.2, 0.25) is 0 Å². The van der Waals surface area contributed by atoms with Crippen molar-refractivity contribution in [2.75, 3.05) is 19.6 Å². The maximum atomic E-state index is 13.4. The number of halogens is 1. The molecule has 4 rings (SSSR count). The first-order valence-electron chi connectivity index (χ1n) is 11.0. The lowest BCUT2D eigenvalue weighted by Gasteiger charge is -2.33. The molecule has 164 valence electrons. The molecule has 1 aliphatic heterocycles. The van der Waals surface area contributed by atoms with E-state index in [1.165, 1.54) is 18.4 Å². The molecule has 0 atom stereocenters. The van der Waals surface area contributed by atoms with Gasteiger partial charge in [0.05, 0.1) is 16.9 Å². The third kappa shape index (κ3) is 5.25. The lowest BCUT2D eigenvalue weighted by atomic mass is 9.89. The Hall–Kier alpha value is -1.85.